The Hall–Kier alpha value is -1.60. The van der Waals surface area contributed by atoms with Gasteiger partial charge >= 0.3 is 0 Å². The fourth-order valence-corrected chi connectivity index (χ4v) is 3.16. The first kappa shape index (κ1) is 15.8. The summed E-state index contributed by atoms with van der Waals surface area (Å²) in [5.74, 6) is 0.367. The molecule has 21 heavy (non-hydrogen) atoms. The molecule has 0 fully saturated rings. The van der Waals surface area contributed by atoms with Crippen LogP contribution in [0.5, 0.6) is 5.75 Å². The fraction of sp³-hybridized carbons (Fsp3) is 0.500. The Morgan fingerprint density at radius 2 is 1.95 bits per heavy atom. The van der Waals surface area contributed by atoms with Gasteiger partial charge in [0, 0.05) is 21.0 Å². The van der Waals surface area contributed by atoms with Gasteiger partial charge in [0.2, 0.25) is 15.9 Å². The van der Waals surface area contributed by atoms with Crippen LogP contribution >= 0.6 is 0 Å². The van der Waals surface area contributed by atoms with Crippen LogP contribution in [0.15, 0.2) is 23.1 Å². The smallest absolute Gasteiger partial charge is 0.242 e. The van der Waals surface area contributed by atoms with E-state index in [9.17, 15) is 13.2 Å². The Morgan fingerprint density at radius 1 is 1.33 bits per heavy atom. The number of hydrogen-bond acceptors (Lipinski definition) is 4. The van der Waals surface area contributed by atoms with Crippen molar-refractivity contribution in [1.82, 2.24) is 4.31 Å². The molecule has 1 aliphatic rings. The van der Waals surface area contributed by atoms with Gasteiger partial charge in [-0.25, -0.2) is 12.7 Å². The predicted octanol–water partition coefficient (Wildman–Crippen LogP) is 1.46. The number of rotatable bonds is 2. The minimum absolute atomic E-state index is 0.140. The van der Waals surface area contributed by atoms with E-state index in [-0.39, 0.29) is 10.8 Å². The maximum atomic E-state index is 12.2. The lowest BCUT2D eigenvalue weighted by Gasteiger charge is -2.39. The number of nitrogens with zero attached hydrogens (tertiary/aromatic N) is 2. The molecule has 0 atom stereocenters. The molecular formula is C14H20N2O4S. The van der Waals surface area contributed by atoms with Crippen LogP contribution in [0.2, 0.25) is 0 Å². The molecular weight excluding hydrogens is 292 g/mol. The van der Waals surface area contributed by atoms with Gasteiger partial charge in [-0.1, -0.05) is 0 Å². The molecule has 0 unspecified atom stereocenters. The Bertz CT molecular complexity index is 680. The molecule has 0 saturated heterocycles. The Balaban J connectivity index is 2.58. The number of hydrogen-bond donors (Lipinski definition) is 0. The third-order valence-corrected chi connectivity index (χ3v) is 5.12. The lowest BCUT2D eigenvalue weighted by atomic mass is 10.1. The van der Waals surface area contributed by atoms with Crippen LogP contribution in [0.25, 0.3) is 0 Å². The van der Waals surface area contributed by atoms with Gasteiger partial charge in [0.25, 0.3) is 0 Å². The molecule has 7 heteroatoms. The van der Waals surface area contributed by atoms with E-state index in [1.807, 2.05) is 13.8 Å². The van der Waals surface area contributed by atoms with E-state index in [0.29, 0.717) is 18.0 Å². The van der Waals surface area contributed by atoms with Crippen LogP contribution in [0.1, 0.15) is 20.8 Å². The van der Waals surface area contributed by atoms with Crippen molar-refractivity contribution in [2.45, 2.75) is 31.3 Å². The van der Waals surface area contributed by atoms with Crippen molar-refractivity contribution in [3.63, 3.8) is 0 Å². The van der Waals surface area contributed by atoms with Gasteiger partial charge in [0.1, 0.15) is 11.4 Å². The summed E-state index contributed by atoms with van der Waals surface area (Å²) in [6, 6.07) is 4.58. The second-order valence-electron chi connectivity index (χ2n) is 5.88. The summed E-state index contributed by atoms with van der Waals surface area (Å²) >= 11 is 0. The highest BCUT2D eigenvalue weighted by atomic mass is 32.2. The SMILES string of the molecule is CC(=O)N1CC(C)(C)Oc2ccc(S(=O)(=O)N(C)C)cc21. The van der Waals surface area contributed by atoms with Crippen molar-refractivity contribution in [2.75, 3.05) is 25.5 Å². The maximum absolute atomic E-state index is 12.2. The zero-order valence-electron chi connectivity index (χ0n) is 12.9. The van der Waals surface area contributed by atoms with E-state index >= 15 is 0 Å². The second-order valence-corrected chi connectivity index (χ2v) is 8.04. The van der Waals surface area contributed by atoms with Gasteiger partial charge in [-0.3, -0.25) is 4.79 Å². The first-order valence-electron chi connectivity index (χ1n) is 6.58. The van der Waals surface area contributed by atoms with Crippen molar-refractivity contribution < 1.29 is 17.9 Å². The Kier molecular flexibility index (Phi) is 3.75. The number of amides is 1. The first-order chi connectivity index (χ1) is 9.54. The standard InChI is InChI=1S/C14H20N2O4S/c1-10(17)16-9-14(2,3)20-13-7-6-11(8-12(13)16)21(18,19)15(4)5/h6-8H,9H2,1-5H3. The van der Waals surface area contributed by atoms with Crippen molar-refractivity contribution >= 4 is 21.6 Å². The van der Waals surface area contributed by atoms with Crippen molar-refractivity contribution in [2.24, 2.45) is 0 Å². The summed E-state index contributed by atoms with van der Waals surface area (Å²) in [5.41, 5.74) is -0.0228. The number of anilines is 1. The lowest BCUT2D eigenvalue weighted by molar-refractivity contribution is -0.117. The number of carbonyl (C=O) groups is 1. The largest absolute Gasteiger partial charge is 0.484 e. The van der Waals surface area contributed by atoms with Gasteiger partial charge < -0.3 is 9.64 Å². The Labute approximate surface area is 125 Å². The molecule has 0 spiro atoms. The van der Waals surface area contributed by atoms with Gasteiger partial charge in [0.15, 0.2) is 0 Å². The first-order valence-corrected chi connectivity index (χ1v) is 8.02. The highest BCUT2D eigenvalue weighted by Crippen LogP contribution is 2.38. The molecule has 2 rings (SSSR count). The molecule has 116 valence electrons. The molecule has 6 nitrogen and oxygen atoms in total. The normalized spacial score (nSPS) is 17.3. The highest BCUT2D eigenvalue weighted by Gasteiger charge is 2.34. The van der Waals surface area contributed by atoms with E-state index in [1.165, 1.54) is 33.2 Å². The monoisotopic (exact) mass is 312 g/mol. The molecule has 0 aromatic heterocycles. The minimum Gasteiger partial charge on any atom is -0.484 e. The van der Waals surface area contributed by atoms with Gasteiger partial charge in [-0.15, -0.1) is 0 Å². The lowest BCUT2D eigenvalue weighted by Crippen LogP contribution is -2.48. The molecule has 1 aromatic carbocycles. The number of ether oxygens (including phenoxy) is 1. The van der Waals surface area contributed by atoms with Crippen LogP contribution in [0.3, 0.4) is 0 Å². The Morgan fingerprint density at radius 3 is 2.48 bits per heavy atom. The van der Waals surface area contributed by atoms with Gasteiger partial charge in [-0.2, -0.15) is 0 Å². The van der Waals surface area contributed by atoms with E-state index in [4.69, 9.17) is 4.74 Å². The molecule has 1 aliphatic heterocycles. The third kappa shape index (κ3) is 2.89. The van der Waals surface area contributed by atoms with E-state index in [2.05, 4.69) is 0 Å². The summed E-state index contributed by atoms with van der Waals surface area (Å²) in [4.78, 5) is 13.5. The molecule has 1 amide bonds. The maximum Gasteiger partial charge on any atom is 0.242 e. The topological polar surface area (TPSA) is 66.9 Å². The van der Waals surface area contributed by atoms with Crippen molar-refractivity contribution in [3.8, 4) is 5.75 Å². The average molecular weight is 312 g/mol. The number of fused-ring (bicyclic) bond motifs is 1. The molecule has 0 aliphatic carbocycles. The van der Waals surface area contributed by atoms with Crippen molar-refractivity contribution in [1.29, 1.82) is 0 Å². The molecule has 0 saturated carbocycles. The average Bonchev–Trinajstić information content (AvgIpc) is 2.35. The fourth-order valence-electron chi connectivity index (χ4n) is 2.24. The minimum atomic E-state index is -3.55. The molecule has 1 heterocycles. The summed E-state index contributed by atoms with van der Waals surface area (Å²) in [7, 11) is -0.610. The van der Waals surface area contributed by atoms with Crippen LogP contribution in [-0.2, 0) is 14.8 Å². The molecule has 0 radical (unpaired) electrons. The zero-order chi connectivity index (χ0) is 16.0. The van der Waals surface area contributed by atoms with Gasteiger partial charge in [0.05, 0.1) is 17.1 Å². The number of carbonyl (C=O) groups excluding carboxylic acids is 1. The number of benzene rings is 1. The van der Waals surface area contributed by atoms with Crippen LogP contribution in [0, 0.1) is 0 Å². The summed E-state index contributed by atoms with van der Waals surface area (Å²) in [5, 5.41) is 0. The predicted molar refractivity (Wildman–Crippen MR) is 80.0 cm³/mol. The molecule has 0 N–H and O–H groups in total. The number of sulfonamides is 1. The third-order valence-electron chi connectivity index (χ3n) is 3.31. The van der Waals surface area contributed by atoms with E-state index in [1.54, 1.807) is 11.0 Å². The van der Waals surface area contributed by atoms with Gasteiger partial charge in [-0.05, 0) is 32.0 Å². The van der Waals surface area contributed by atoms with Crippen LogP contribution in [0.4, 0.5) is 5.69 Å². The molecule has 0 bridgehead atoms. The van der Waals surface area contributed by atoms with E-state index in [0.717, 1.165) is 4.31 Å². The molecule has 1 aromatic rings. The van der Waals surface area contributed by atoms with E-state index < -0.39 is 15.6 Å². The summed E-state index contributed by atoms with van der Waals surface area (Å²) in [6.07, 6.45) is 0. The van der Waals surface area contributed by atoms with Crippen molar-refractivity contribution in [3.05, 3.63) is 18.2 Å². The van der Waals surface area contributed by atoms with Crippen LogP contribution in [-0.4, -0.2) is 44.9 Å². The summed E-state index contributed by atoms with van der Waals surface area (Å²) in [6.45, 7) is 5.60. The quantitative estimate of drug-likeness (QED) is 0.829. The highest BCUT2D eigenvalue weighted by molar-refractivity contribution is 7.89. The van der Waals surface area contributed by atoms with Crippen LogP contribution < -0.4 is 9.64 Å². The zero-order valence-corrected chi connectivity index (χ0v) is 13.7. The summed E-state index contributed by atoms with van der Waals surface area (Å²) < 4.78 is 31.4. The second kappa shape index (κ2) is 4.99.